The molecule has 0 radical (unpaired) electrons. The Morgan fingerprint density at radius 2 is 1.65 bits per heavy atom. The molecule has 0 saturated heterocycles. The Morgan fingerprint density at radius 3 is 2.00 bits per heavy atom. The van der Waals surface area contributed by atoms with Gasteiger partial charge in [0.1, 0.15) is 5.78 Å². The van der Waals surface area contributed by atoms with Crippen LogP contribution in [0.3, 0.4) is 0 Å². The van der Waals surface area contributed by atoms with Crippen LogP contribution >= 0.6 is 0 Å². The molecule has 3 atom stereocenters. The van der Waals surface area contributed by atoms with Crippen molar-refractivity contribution in [2.75, 3.05) is 21.1 Å². The number of Topliss-reactive ketones (excluding diaryl/α,β-unsaturated/α-hetero) is 1. The van der Waals surface area contributed by atoms with Crippen molar-refractivity contribution in [3.63, 3.8) is 0 Å². The monoisotopic (exact) mass is 284 g/mol. The molecule has 0 aliphatic carbocycles. The third-order valence-corrected chi connectivity index (χ3v) is 3.80. The number of hydrogen-bond acceptors (Lipinski definition) is 3. The topological polar surface area (TPSA) is 66.5 Å². The molecule has 0 rings (SSSR count). The van der Waals surface area contributed by atoms with Crippen LogP contribution in [0.5, 0.6) is 0 Å². The van der Waals surface area contributed by atoms with Gasteiger partial charge in [-0.05, 0) is 26.2 Å². The van der Waals surface area contributed by atoms with Crippen LogP contribution in [-0.2, 0) is 14.4 Å². The molecule has 5 nitrogen and oxygen atoms in total. The Morgan fingerprint density at radius 1 is 1.10 bits per heavy atom. The van der Waals surface area contributed by atoms with Crippen molar-refractivity contribution in [3.8, 4) is 0 Å². The van der Waals surface area contributed by atoms with Gasteiger partial charge in [0.15, 0.2) is 0 Å². The number of ketones is 1. The maximum Gasteiger partial charge on any atom is 0.225 e. The standard InChI is InChI=1S/C15H28N2O3/c1-7-12(14(19)16-4)9-13(15(20)17(5)6)8-10(2)11(3)18/h10,12-13H,7-9H2,1-6H3,(H,16,19). The minimum atomic E-state index is -0.286. The predicted octanol–water partition coefficient (Wildman–Crippen LogP) is 1.47. The van der Waals surface area contributed by atoms with Crippen LogP contribution in [-0.4, -0.2) is 43.6 Å². The van der Waals surface area contributed by atoms with E-state index in [1.165, 1.54) is 11.8 Å². The first kappa shape index (κ1) is 18.6. The lowest BCUT2D eigenvalue weighted by molar-refractivity contribution is -0.135. The number of hydrogen-bond donors (Lipinski definition) is 1. The van der Waals surface area contributed by atoms with Crippen molar-refractivity contribution in [2.24, 2.45) is 17.8 Å². The van der Waals surface area contributed by atoms with Crippen LogP contribution in [0.1, 0.15) is 40.0 Å². The van der Waals surface area contributed by atoms with Crippen LogP contribution in [0.25, 0.3) is 0 Å². The summed E-state index contributed by atoms with van der Waals surface area (Å²) in [5, 5.41) is 2.63. The first-order chi connectivity index (χ1) is 9.24. The summed E-state index contributed by atoms with van der Waals surface area (Å²) in [4.78, 5) is 37.0. The predicted molar refractivity (Wildman–Crippen MR) is 79.1 cm³/mol. The van der Waals surface area contributed by atoms with Crippen LogP contribution in [0, 0.1) is 17.8 Å². The molecule has 0 heterocycles. The van der Waals surface area contributed by atoms with E-state index < -0.39 is 0 Å². The van der Waals surface area contributed by atoms with Crippen molar-refractivity contribution in [1.29, 1.82) is 0 Å². The molecular formula is C15H28N2O3. The van der Waals surface area contributed by atoms with E-state index in [2.05, 4.69) is 5.32 Å². The van der Waals surface area contributed by atoms with Crippen molar-refractivity contribution >= 4 is 17.6 Å². The largest absolute Gasteiger partial charge is 0.359 e. The van der Waals surface area contributed by atoms with E-state index in [0.717, 1.165) is 0 Å². The summed E-state index contributed by atoms with van der Waals surface area (Å²) >= 11 is 0. The summed E-state index contributed by atoms with van der Waals surface area (Å²) in [5.74, 6) is -0.611. The van der Waals surface area contributed by atoms with Gasteiger partial charge in [-0.25, -0.2) is 0 Å². The molecule has 0 aromatic carbocycles. The maximum atomic E-state index is 12.2. The van der Waals surface area contributed by atoms with Gasteiger partial charge in [0, 0.05) is 38.9 Å². The summed E-state index contributed by atoms with van der Waals surface area (Å²) in [7, 11) is 5.01. The molecule has 5 heteroatoms. The third kappa shape index (κ3) is 5.72. The minimum absolute atomic E-state index is 0.0135. The van der Waals surface area contributed by atoms with Crippen LogP contribution in [0.4, 0.5) is 0 Å². The first-order valence-electron chi connectivity index (χ1n) is 7.17. The van der Waals surface area contributed by atoms with Crippen LogP contribution in [0.15, 0.2) is 0 Å². The summed E-state index contributed by atoms with van der Waals surface area (Å²) < 4.78 is 0. The highest BCUT2D eigenvalue weighted by Gasteiger charge is 2.29. The molecule has 0 aromatic heterocycles. The number of nitrogens with one attached hydrogen (secondary N) is 1. The molecule has 0 aromatic rings. The van der Waals surface area contributed by atoms with Crippen molar-refractivity contribution in [3.05, 3.63) is 0 Å². The Bertz CT molecular complexity index is 353. The zero-order valence-corrected chi connectivity index (χ0v) is 13.5. The number of rotatable bonds is 8. The number of carbonyl (C=O) groups is 3. The van der Waals surface area contributed by atoms with E-state index in [9.17, 15) is 14.4 Å². The molecule has 2 amide bonds. The van der Waals surface area contributed by atoms with E-state index in [1.54, 1.807) is 21.1 Å². The quantitative estimate of drug-likeness (QED) is 0.734. The Kier molecular flexibility index (Phi) is 8.11. The van der Waals surface area contributed by atoms with E-state index in [4.69, 9.17) is 0 Å². The first-order valence-corrected chi connectivity index (χ1v) is 7.17. The van der Waals surface area contributed by atoms with E-state index in [1.807, 2.05) is 13.8 Å². The smallest absolute Gasteiger partial charge is 0.225 e. The molecule has 0 fully saturated rings. The zero-order valence-electron chi connectivity index (χ0n) is 13.5. The molecule has 116 valence electrons. The second kappa shape index (κ2) is 8.72. The highest BCUT2D eigenvalue weighted by atomic mass is 16.2. The molecule has 1 N–H and O–H groups in total. The van der Waals surface area contributed by atoms with Gasteiger partial charge in [0.05, 0.1) is 0 Å². The zero-order chi connectivity index (χ0) is 15.9. The van der Waals surface area contributed by atoms with Gasteiger partial charge in [0.25, 0.3) is 0 Å². The molecule has 0 spiro atoms. The highest BCUT2D eigenvalue weighted by Crippen LogP contribution is 2.24. The van der Waals surface area contributed by atoms with Crippen LogP contribution < -0.4 is 5.32 Å². The lowest BCUT2D eigenvalue weighted by Crippen LogP contribution is -2.36. The maximum absolute atomic E-state index is 12.2. The average molecular weight is 284 g/mol. The summed E-state index contributed by atoms with van der Waals surface area (Å²) in [6, 6.07) is 0. The minimum Gasteiger partial charge on any atom is -0.359 e. The lowest BCUT2D eigenvalue weighted by atomic mass is 9.84. The van der Waals surface area contributed by atoms with Gasteiger partial charge < -0.3 is 10.2 Å². The number of nitrogens with zero attached hydrogens (tertiary/aromatic N) is 1. The molecule has 0 aliphatic rings. The summed E-state index contributed by atoms with van der Waals surface area (Å²) in [5.41, 5.74) is 0. The van der Waals surface area contributed by atoms with Crippen molar-refractivity contribution in [2.45, 2.75) is 40.0 Å². The van der Waals surface area contributed by atoms with Gasteiger partial charge in [-0.3, -0.25) is 14.4 Å². The lowest BCUT2D eigenvalue weighted by Gasteiger charge is -2.25. The molecule has 0 bridgehead atoms. The van der Waals surface area contributed by atoms with Gasteiger partial charge in [0.2, 0.25) is 11.8 Å². The second-order valence-corrected chi connectivity index (χ2v) is 5.63. The fraction of sp³-hybridized carbons (Fsp3) is 0.800. The van der Waals surface area contributed by atoms with Gasteiger partial charge in [-0.1, -0.05) is 13.8 Å². The van der Waals surface area contributed by atoms with E-state index in [-0.39, 0.29) is 35.4 Å². The molecule has 0 saturated carbocycles. The van der Waals surface area contributed by atoms with Gasteiger partial charge >= 0.3 is 0 Å². The second-order valence-electron chi connectivity index (χ2n) is 5.63. The van der Waals surface area contributed by atoms with Crippen LogP contribution in [0.2, 0.25) is 0 Å². The SMILES string of the molecule is CCC(CC(CC(C)C(C)=O)C(=O)N(C)C)C(=O)NC. The number of carbonyl (C=O) groups excluding carboxylic acids is 3. The summed E-state index contributed by atoms with van der Waals surface area (Å²) in [6.07, 6.45) is 1.68. The third-order valence-electron chi connectivity index (χ3n) is 3.80. The molecule has 3 unspecified atom stereocenters. The Hall–Kier alpha value is -1.39. The highest BCUT2D eigenvalue weighted by molar-refractivity contribution is 5.83. The van der Waals surface area contributed by atoms with Crippen molar-refractivity contribution < 1.29 is 14.4 Å². The van der Waals surface area contributed by atoms with E-state index >= 15 is 0 Å². The molecular weight excluding hydrogens is 256 g/mol. The van der Waals surface area contributed by atoms with E-state index in [0.29, 0.717) is 19.3 Å². The Balaban J connectivity index is 4.97. The van der Waals surface area contributed by atoms with Gasteiger partial charge in [-0.2, -0.15) is 0 Å². The molecule has 0 aliphatic heterocycles. The Labute approximate surface area is 122 Å². The van der Waals surface area contributed by atoms with Crippen molar-refractivity contribution in [1.82, 2.24) is 10.2 Å². The molecule has 20 heavy (non-hydrogen) atoms. The fourth-order valence-corrected chi connectivity index (χ4v) is 2.26. The summed E-state index contributed by atoms with van der Waals surface area (Å²) in [6.45, 7) is 5.31. The average Bonchev–Trinajstić information content (AvgIpc) is 2.40. The normalized spacial score (nSPS) is 15.1. The number of amides is 2. The fourth-order valence-electron chi connectivity index (χ4n) is 2.26. The van der Waals surface area contributed by atoms with Gasteiger partial charge in [-0.15, -0.1) is 0 Å².